The van der Waals surface area contributed by atoms with Gasteiger partial charge in [0.25, 0.3) is 0 Å². The fourth-order valence-electron chi connectivity index (χ4n) is 1.05. The van der Waals surface area contributed by atoms with Gasteiger partial charge in [0, 0.05) is 30.1 Å². The summed E-state index contributed by atoms with van der Waals surface area (Å²) in [5.41, 5.74) is 6.49. The lowest BCUT2D eigenvalue weighted by Gasteiger charge is -2.14. The van der Waals surface area contributed by atoms with Crippen molar-refractivity contribution in [3.05, 3.63) is 34.2 Å². The summed E-state index contributed by atoms with van der Waals surface area (Å²) in [4.78, 5) is 14.1. The molecular formula is C9H14N2O. The van der Waals surface area contributed by atoms with Gasteiger partial charge in [0.05, 0.1) is 0 Å². The lowest BCUT2D eigenvalue weighted by molar-refractivity contribution is 0.510. The number of hydrogen-bond acceptors (Lipinski definition) is 2. The van der Waals surface area contributed by atoms with Gasteiger partial charge in [-0.25, -0.2) is 0 Å². The largest absolute Gasteiger partial charge is 0.367 e. The van der Waals surface area contributed by atoms with Crippen molar-refractivity contribution in [2.45, 2.75) is 19.9 Å². The zero-order valence-electron chi connectivity index (χ0n) is 7.37. The molecule has 1 aromatic heterocycles. The topological polar surface area (TPSA) is 58.9 Å². The Bertz CT molecular complexity index is 303. The van der Waals surface area contributed by atoms with Gasteiger partial charge in [-0.15, -0.1) is 0 Å². The van der Waals surface area contributed by atoms with Crippen molar-refractivity contribution in [2.75, 3.05) is 0 Å². The number of aromatic nitrogens is 1. The second kappa shape index (κ2) is 3.54. The van der Waals surface area contributed by atoms with Crippen LogP contribution in [0.4, 0.5) is 0 Å². The van der Waals surface area contributed by atoms with E-state index in [2.05, 4.69) is 4.98 Å². The molecule has 0 radical (unpaired) electrons. The molecule has 0 spiro atoms. The van der Waals surface area contributed by atoms with Crippen LogP contribution in [0.2, 0.25) is 0 Å². The molecule has 0 aliphatic heterocycles. The number of hydrogen-bond donors (Lipinski definition) is 2. The highest BCUT2D eigenvalue weighted by Gasteiger charge is 2.12. The minimum atomic E-state index is -0.171. The average molecular weight is 166 g/mol. The highest BCUT2D eigenvalue weighted by molar-refractivity contribution is 5.14. The van der Waals surface area contributed by atoms with E-state index in [1.54, 1.807) is 12.4 Å². The van der Waals surface area contributed by atoms with E-state index in [4.69, 9.17) is 5.73 Å². The molecule has 3 heteroatoms. The highest BCUT2D eigenvalue weighted by Crippen LogP contribution is 2.13. The minimum Gasteiger partial charge on any atom is -0.367 e. The molecular weight excluding hydrogens is 152 g/mol. The first-order valence-electron chi connectivity index (χ1n) is 4.05. The van der Waals surface area contributed by atoms with Gasteiger partial charge in [0.15, 0.2) is 5.43 Å². The quantitative estimate of drug-likeness (QED) is 0.689. The van der Waals surface area contributed by atoms with Crippen LogP contribution in [0.25, 0.3) is 0 Å². The van der Waals surface area contributed by atoms with E-state index in [9.17, 15) is 4.79 Å². The Morgan fingerprint density at radius 3 is 2.67 bits per heavy atom. The predicted octanol–water partition coefficient (Wildman–Crippen LogP) is 1.03. The number of rotatable bonds is 2. The van der Waals surface area contributed by atoms with Crippen molar-refractivity contribution < 1.29 is 0 Å². The second-order valence-corrected chi connectivity index (χ2v) is 3.23. The van der Waals surface area contributed by atoms with Crippen LogP contribution in [-0.4, -0.2) is 4.98 Å². The van der Waals surface area contributed by atoms with Crippen LogP contribution in [0.5, 0.6) is 0 Å². The summed E-state index contributed by atoms with van der Waals surface area (Å²) < 4.78 is 0. The first-order chi connectivity index (χ1) is 5.63. The van der Waals surface area contributed by atoms with Crippen molar-refractivity contribution in [1.82, 2.24) is 4.98 Å². The molecule has 3 N–H and O–H groups in total. The third kappa shape index (κ3) is 1.74. The molecule has 0 aliphatic rings. The summed E-state index contributed by atoms with van der Waals surface area (Å²) in [7, 11) is 0. The summed E-state index contributed by atoms with van der Waals surface area (Å²) in [5, 5.41) is 0. The fraction of sp³-hybridized carbons (Fsp3) is 0.444. The van der Waals surface area contributed by atoms with Crippen LogP contribution in [0.3, 0.4) is 0 Å². The SMILES string of the molecule is CC(C)C(N)c1c[nH]ccc1=O. The molecule has 1 heterocycles. The van der Waals surface area contributed by atoms with Gasteiger partial charge in [0.1, 0.15) is 0 Å². The Morgan fingerprint density at radius 2 is 2.17 bits per heavy atom. The molecule has 0 aliphatic carbocycles. The van der Waals surface area contributed by atoms with Crippen LogP contribution in [-0.2, 0) is 0 Å². The van der Waals surface area contributed by atoms with Crippen molar-refractivity contribution in [3.63, 3.8) is 0 Å². The molecule has 0 saturated heterocycles. The van der Waals surface area contributed by atoms with E-state index in [-0.39, 0.29) is 17.4 Å². The molecule has 12 heavy (non-hydrogen) atoms. The van der Waals surface area contributed by atoms with Crippen LogP contribution in [0, 0.1) is 5.92 Å². The maximum atomic E-state index is 11.3. The molecule has 1 aromatic rings. The average Bonchev–Trinajstić information content (AvgIpc) is 2.04. The Hall–Kier alpha value is -1.09. The predicted molar refractivity (Wildman–Crippen MR) is 48.8 cm³/mol. The molecule has 1 rings (SSSR count). The maximum absolute atomic E-state index is 11.3. The van der Waals surface area contributed by atoms with E-state index in [1.807, 2.05) is 13.8 Å². The minimum absolute atomic E-state index is 0.00921. The normalized spacial score (nSPS) is 13.3. The Morgan fingerprint density at radius 1 is 1.50 bits per heavy atom. The van der Waals surface area contributed by atoms with Crippen LogP contribution >= 0.6 is 0 Å². The molecule has 0 saturated carbocycles. The number of nitrogens with one attached hydrogen (secondary N) is 1. The van der Waals surface area contributed by atoms with Crippen molar-refractivity contribution in [2.24, 2.45) is 11.7 Å². The Labute approximate surface area is 71.6 Å². The van der Waals surface area contributed by atoms with E-state index in [0.717, 1.165) is 0 Å². The van der Waals surface area contributed by atoms with E-state index < -0.39 is 0 Å². The van der Waals surface area contributed by atoms with Crippen molar-refractivity contribution in [3.8, 4) is 0 Å². The maximum Gasteiger partial charge on any atom is 0.186 e. The number of aromatic amines is 1. The van der Waals surface area contributed by atoms with Gasteiger partial charge in [-0.1, -0.05) is 13.8 Å². The lowest BCUT2D eigenvalue weighted by atomic mass is 9.98. The summed E-state index contributed by atoms with van der Waals surface area (Å²) in [6, 6.07) is 1.33. The fourth-order valence-corrected chi connectivity index (χ4v) is 1.05. The molecule has 0 bridgehead atoms. The number of pyridine rings is 1. The molecule has 3 nitrogen and oxygen atoms in total. The van der Waals surface area contributed by atoms with Crippen molar-refractivity contribution in [1.29, 1.82) is 0 Å². The van der Waals surface area contributed by atoms with Gasteiger partial charge in [-0.3, -0.25) is 4.79 Å². The first kappa shape index (κ1) is 9.00. The summed E-state index contributed by atoms with van der Waals surface area (Å²) >= 11 is 0. The van der Waals surface area contributed by atoms with E-state index in [0.29, 0.717) is 5.56 Å². The molecule has 1 unspecified atom stereocenters. The third-order valence-electron chi connectivity index (χ3n) is 1.93. The van der Waals surface area contributed by atoms with E-state index >= 15 is 0 Å². The zero-order chi connectivity index (χ0) is 9.14. The molecule has 0 fully saturated rings. The van der Waals surface area contributed by atoms with Gasteiger partial charge < -0.3 is 10.7 Å². The summed E-state index contributed by atoms with van der Waals surface area (Å²) in [6.07, 6.45) is 3.28. The van der Waals surface area contributed by atoms with Crippen LogP contribution < -0.4 is 11.2 Å². The monoisotopic (exact) mass is 166 g/mol. The summed E-state index contributed by atoms with van der Waals surface area (Å²) in [5.74, 6) is 0.286. The smallest absolute Gasteiger partial charge is 0.186 e. The molecule has 0 aromatic carbocycles. The van der Waals surface area contributed by atoms with Crippen LogP contribution in [0.1, 0.15) is 25.5 Å². The van der Waals surface area contributed by atoms with Crippen molar-refractivity contribution >= 4 is 0 Å². The standard InChI is InChI=1S/C9H14N2O/c1-6(2)9(10)7-5-11-4-3-8(7)12/h3-6,9H,10H2,1-2H3,(H,11,12). The number of nitrogens with two attached hydrogens (primary N) is 1. The van der Waals surface area contributed by atoms with E-state index in [1.165, 1.54) is 6.07 Å². The zero-order valence-corrected chi connectivity index (χ0v) is 7.37. The van der Waals surface area contributed by atoms with Gasteiger partial charge in [-0.05, 0) is 5.92 Å². The van der Waals surface area contributed by atoms with Gasteiger partial charge in [0.2, 0.25) is 0 Å². The molecule has 1 atom stereocenters. The highest BCUT2D eigenvalue weighted by atomic mass is 16.1. The Balaban J connectivity index is 3.03. The first-order valence-corrected chi connectivity index (χ1v) is 4.05. The van der Waals surface area contributed by atoms with Gasteiger partial charge in [-0.2, -0.15) is 0 Å². The Kier molecular flexibility index (Phi) is 2.65. The van der Waals surface area contributed by atoms with Gasteiger partial charge >= 0.3 is 0 Å². The lowest BCUT2D eigenvalue weighted by Crippen LogP contribution is -2.23. The second-order valence-electron chi connectivity index (χ2n) is 3.23. The third-order valence-corrected chi connectivity index (χ3v) is 1.93. The summed E-state index contributed by atoms with van der Waals surface area (Å²) in [6.45, 7) is 3.99. The molecule has 66 valence electrons. The molecule has 0 amide bonds. The number of H-pyrrole nitrogens is 1. The van der Waals surface area contributed by atoms with Crippen LogP contribution in [0.15, 0.2) is 23.3 Å².